The zero-order valence-corrected chi connectivity index (χ0v) is 12.6. The molecule has 1 atom stereocenters. The lowest BCUT2D eigenvalue weighted by atomic mass is 10.1. The molecule has 2 N–H and O–H groups in total. The number of nitrogens with two attached hydrogens (primary N) is 1. The first-order valence-corrected chi connectivity index (χ1v) is 8.10. The van der Waals surface area contributed by atoms with Crippen LogP contribution in [-0.4, -0.2) is 54.5 Å². The number of fused-ring (bicyclic) bond motifs is 1. The van der Waals surface area contributed by atoms with E-state index in [1.165, 1.54) is 19.4 Å². The van der Waals surface area contributed by atoms with Crippen molar-refractivity contribution in [2.75, 3.05) is 32.7 Å². The lowest BCUT2D eigenvalue weighted by Crippen LogP contribution is -2.39. The van der Waals surface area contributed by atoms with Gasteiger partial charge in [-0.3, -0.25) is 9.69 Å². The fraction of sp³-hybridized carbons (Fsp3) is 0.588. The number of benzene rings is 1. The minimum absolute atomic E-state index is 0.183. The minimum atomic E-state index is 0.183. The summed E-state index contributed by atoms with van der Waals surface area (Å²) in [5.41, 5.74) is 7.57. The van der Waals surface area contributed by atoms with Crippen molar-refractivity contribution in [3.63, 3.8) is 0 Å². The van der Waals surface area contributed by atoms with Crippen molar-refractivity contribution in [2.24, 2.45) is 5.73 Å². The largest absolute Gasteiger partial charge is 0.337 e. The Morgan fingerprint density at radius 1 is 1.24 bits per heavy atom. The predicted molar refractivity (Wildman–Crippen MR) is 84.3 cm³/mol. The fourth-order valence-corrected chi connectivity index (χ4v) is 3.60. The second-order valence-electron chi connectivity index (χ2n) is 6.18. The summed E-state index contributed by atoms with van der Waals surface area (Å²) in [6.45, 7) is 4.74. The summed E-state index contributed by atoms with van der Waals surface area (Å²) in [5, 5.41) is 0. The summed E-state index contributed by atoms with van der Waals surface area (Å²) in [6, 6.07) is 8.53. The fourth-order valence-electron chi connectivity index (χ4n) is 3.60. The van der Waals surface area contributed by atoms with Gasteiger partial charge in [-0.05, 0) is 56.5 Å². The molecule has 0 spiro atoms. The number of hydrogen-bond acceptors (Lipinski definition) is 3. The number of rotatable bonds is 3. The maximum absolute atomic E-state index is 12.8. The number of nitrogens with zero attached hydrogens (tertiary/aromatic N) is 2. The Kier molecular flexibility index (Phi) is 4.56. The van der Waals surface area contributed by atoms with Crippen LogP contribution in [0, 0.1) is 0 Å². The van der Waals surface area contributed by atoms with E-state index in [0.29, 0.717) is 12.6 Å². The third-order valence-corrected chi connectivity index (χ3v) is 4.70. The molecule has 2 saturated heterocycles. The van der Waals surface area contributed by atoms with Crippen molar-refractivity contribution in [3.05, 3.63) is 35.4 Å². The molecule has 0 aliphatic carbocycles. The van der Waals surface area contributed by atoms with Gasteiger partial charge in [0.2, 0.25) is 0 Å². The Balaban J connectivity index is 1.73. The summed E-state index contributed by atoms with van der Waals surface area (Å²) in [5.74, 6) is 0.183. The Bertz CT molecular complexity index is 503. The highest BCUT2D eigenvalue weighted by molar-refractivity contribution is 5.94. The topological polar surface area (TPSA) is 49.6 Å². The van der Waals surface area contributed by atoms with Crippen LogP contribution >= 0.6 is 0 Å². The van der Waals surface area contributed by atoms with E-state index in [1.54, 1.807) is 0 Å². The number of hydrogen-bond donors (Lipinski definition) is 1. The van der Waals surface area contributed by atoms with Crippen LogP contribution in [0.15, 0.2) is 24.3 Å². The zero-order valence-electron chi connectivity index (χ0n) is 12.6. The molecule has 3 rings (SSSR count). The SMILES string of the molecule is NCCc1cccc(C(=O)N2CCCN3CCCC3C2)c1. The van der Waals surface area contributed by atoms with Gasteiger partial charge in [-0.2, -0.15) is 0 Å². The molecule has 4 heteroatoms. The van der Waals surface area contributed by atoms with Crippen molar-refractivity contribution < 1.29 is 4.79 Å². The van der Waals surface area contributed by atoms with Crippen LogP contribution in [0.1, 0.15) is 35.2 Å². The lowest BCUT2D eigenvalue weighted by molar-refractivity contribution is 0.0743. The Morgan fingerprint density at radius 2 is 2.10 bits per heavy atom. The summed E-state index contributed by atoms with van der Waals surface area (Å²) >= 11 is 0. The van der Waals surface area contributed by atoms with E-state index in [0.717, 1.165) is 43.6 Å². The molecule has 0 saturated carbocycles. The van der Waals surface area contributed by atoms with Crippen LogP contribution < -0.4 is 5.73 Å². The molecule has 114 valence electrons. The summed E-state index contributed by atoms with van der Waals surface area (Å²) in [7, 11) is 0. The average molecular weight is 287 g/mol. The summed E-state index contributed by atoms with van der Waals surface area (Å²) in [6.07, 6.45) is 4.43. The number of amides is 1. The van der Waals surface area contributed by atoms with Gasteiger partial charge in [0, 0.05) is 31.2 Å². The number of carbonyl (C=O) groups excluding carboxylic acids is 1. The first-order chi connectivity index (χ1) is 10.3. The molecule has 4 nitrogen and oxygen atoms in total. The van der Waals surface area contributed by atoms with E-state index in [1.807, 2.05) is 24.3 Å². The van der Waals surface area contributed by atoms with Gasteiger partial charge in [0.25, 0.3) is 5.91 Å². The molecule has 2 aliphatic heterocycles. The summed E-state index contributed by atoms with van der Waals surface area (Å²) in [4.78, 5) is 17.4. The van der Waals surface area contributed by atoms with Crippen molar-refractivity contribution >= 4 is 5.91 Å². The maximum atomic E-state index is 12.8. The predicted octanol–water partition coefficient (Wildman–Crippen LogP) is 1.50. The smallest absolute Gasteiger partial charge is 0.253 e. The lowest BCUT2D eigenvalue weighted by Gasteiger charge is -2.25. The Labute approximate surface area is 126 Å². The van der Waals surface area contributed by atoms with Crippen molar-refractivity contribution in [1.82, 2.24) is 9.80 Å². The van der Waals surface area contributed by atoms with Crippen LogP contribution in [0.4, 0.5) is 0 Å². The standard InChI is InChI=1S/C17H25N3O/c18-8-7-14-4-1-5-15(12-14)17(21)20-11-3-10-19-9-2-6-16(19)13-20/h1,4-5,12,16H,2-3,6-11,13,18H2. The second kappa shape index (κ2) is 6.58. The molecule has 0 radical (unpaired) electrons. The van der Waals surface area contributed by atoms with Crippen LogP contribution in [0.2, 0.25) is 0 Å². The molecule has 1 amide bonds. The van der Waals surface area contributed by atoms with Gasteiger partial charge < -0.3 is 10.6 Å². The maximum Gasteiger partial charge on any atom is 0.253 e. The van der Waals surface area contributed by atoms with Crippen molar-refractivity contribution in [3.8, 4) is 0 Å². The summed E-state index contributed by atoms with van der Waals surface area (Å²) < 4.78 is 0. The molecule has 0 bridgehead atoms. The molecular formula is C17H25N3O. The highest BCUT2D eigenvalue weighted by Gasteiger charge is 2.30. The van der Waals surface area contributed by atoms with Crippen LogP contribution in [-0.2, 0) is 6.42 Å². The third kappa shape index (κ3) is 3.27. The molecule has 1 aromatic rings. The third-order valence-electron chi connectivity index (χ3n) is 4.70. The van der Waals surface area contributed by atoms with E-state index in [4.69, 9.17) is 5.73 Å². The Hall–Kier alpha value is -1.39. The van der Waals surface area contributed by atoms with Crippen molar-refractivity contribution in [1.29, 1.82) is 0 Å². The van der Waals surface area contributed by atoms with Gasteiger partial charge >= 0.3 is 0 Å². The van der Waals surface area contributed by atoms with Crippen LogP contribution in [0.3, 0.4) is 0 Å². The monoisotopic (exact) mass is 287 g/mol. The second-order valence-corrected chi connectivity index (χ2v) is 6.18. The van der Waals surface area contributed by atoms with Crippen molar-refractivity contribution in [2.45, 2.75) is 31.7 Å². The number of carbonyl (C=O) groups is 1. The zero-order chi connectivity index (χ0) is 14.7. The average Bonchev–Trinajstić information content (AvgIpc) is 2.84. The molecule has 2 heterocycles. The van der Waals surface area contributed by atoms with E-state index < -0.39 is 0 Å². The van der Waals surface area contributed by atoms with E-state index >= 15 is 0 Å². The van der Waals surface area contributed by atoms with Crippen LogP contribution in [0.5, 0.6) is 0 Å². The van der Waals surface area contributed by atoms with Gasteiger partial charge in [-0.1, -0.05) is 12.1 Å². The van der Waals surface area contributed by atoms with E-state index in [2.05, 4.69) is 9.80 Å². The van der Waals surface area contributed by atoms with Gasteiger partial charge in [-0.25, -0.2) is 0 Å². The van der Waals surface area contributed by atoms with E-state index in [9.17, 15) is 4.79 Å². The highest BCUT2D eigenvalue weighted by atomic mass is 16.2. The first-order valence-electron chi connectivity index (χ1n) is 8.10. The van der Waals surface area contributed by atoms with Gasteiger partial charge in [0.1, 0.15) is 0 Å². The molecule has 2 fully saturated rings. The molecular weight excluding hydrogens is 262 g/mol. The van der Waals surface area contributed by atoms with Crippen LogP contribution in [0.25, 0.3) is 0 Å². The van der Waals surface area contributed by atoms with Gasteiger partial charge in [-0.15, -0.1) is 0 Å². The quantitative estimate of drug-likeness (QED) is 0.916. The van der Waals surface area contributed by atoms with Gasteiger partial charge in [0.15, 0.2) is 0 Å². The Morgan fingerprint density at radius 3 is 2.95 bits per heavy atom. The highest BCUT2D eigenvalue weighted by Crippen LogP contribution is 2.22. The molecule has 21 heavy (non-hydrogen) atoms. The van der Waals surface area contributed by atoms with E-state index in [-0.39, 0.29) is 5.91 Å². The molecule has 1 unspecified atom stereocenters. The van der Waals surface area contributed by atoms with Gasteiger partial charge in [0.05, 0.1) is 0 Å². The molecule has 0 aromatic heterocycles. The molecule has 2 aliphatic rings. The molecule has 1 aromatic carbocycles. The normalized spacial score (nSPS) is 22.9. The first kappa shape index (κ1) is 14.5. The minimum Gasteiger partial charge on any atom is -0.337 e.